The number of ether oxygens (including phenoxy) is 2. The number of hydrogen-bond donors (Lipinski definition) is 1. The van der Waals surface area contributed by atoms with E-state index in [1.807, 2.05) is 11.9 Å². The highest BCUT2D eigenvalue weighted by Gasteiger charge is 2.44. The molecule has 180 valence electrons. The van der Waals surface area contributed by atoms with Gasteiger partial charge in [0, 0.05) is 39.2 Å². The largest absolute Gasteiger partial charge is 0.456 e. The Kier molecular flexibility index (Phi) is 7.83. The molecule has 1 fully saturated rings. The van der Waals surface area contributed by atoms with Crippen molar-refractivity contribution in [2.75, 3.05) is 57.6 Å². The minimum atomic E-state index is -5.16. The number of benzene rings is 1. The molecule has 10 heteroatoms. The average Bonchev–Trinajstić information content (AvgIpc) is 2.65. The van der Waals surface area contributed by atoms with Crippen LogP contribution in [0.1, 0.15) is 59.9 Å². The van der Waals surface area contributed by atoms with Gasteiger partial charge in [-0.25, -0.2) is 4.79 Å². The molecular weight excluding hydrogens is 427 g/mol. The van der Waals surface area contributed by atoms with Gasteiger partial charge in [-0.1, -0.05) is 6.92 Å². The summed E-state index contributed by atoms with van der Waals surface area (Å²) in [6.07, 6.45) is -5.16. The van der Waals surface area contributed by atoms with Gasteiger partial charge in [-0.2, -0.15) is 13.2 Å². The van der Waals surface area contributed by atoms with E-state index in [9.17, 15) is 22.8 Å². The van der Waals surface area contributed by atoms with Crippen LogP contribution in [-0.4, -0.2) is 75.4 Å². The molecule has 1 aromatic carbocycles. The fourth-order valence-corrected chi connectivity index (χ4v) is 3.67. The molecule has 0 unspecified atom stereocenters. The number of hydrogen-bond acceptors (Lipinski definition) is 7. The van der Waals surface area contributed by atoms with Gasteiger partial charge < -0.3 is 25.0 Å². The number of alkyl halides is 3. The molecular formula is C22H32F3N3O4. The Morgan fingerprint density at radius 2 is 1.72 bits per heavy atom. The Labute approximate surface area is 186 Å². The Bertz CT molecular complexity index is 857. The van der Waals surface area contributed by atoms with Crippen LogP contribution in [0.5, 0.6) is 0 Å². The summed E-state index contributed by atoms with van der Waals surface area (Å²) in [7, 11) is 3.38. The number of nitrogens with zero attached hydrogens (tertiary/aromatic N) is 2. The fraction of sp³-hybridized carbons (Fsp3) is 0.636. The highest BCUT2D eigenvalue weighted by Crippen LogP contribution is 2.41. The van der Waals surface area contributed by atoms with Crippen LogP contribution < -0.4 is 10.6 Å². The van der Waals surface area contributed by atoms with Crippen molar-refractivity contribution in [2.24, 2.45) is 0 Å². The first-order chi connectivity index (χ1) is 14.7. The van der Waals surface area contributed by atoms with Crippen LogP contribution in [0.25, 0.3) is 0 Å². The lowest BCUT2D eigenvalue weighted by atomic mass is 9.89. The maximum absolute atomic E-state index is 13.6. The number of Topliss-reactive ketones (excluding diaryl/α,β-unsaturated/α-hetero) is 1. The van der Waals surface area contributed by atoms with Gasteiger partial charge in [0.15, 0.2) is 0 Å². The Balaban J connectivity index is 2.82. The number of rotatable bonds is 6. The normalized spacial score (nSPS) is 16.7. The maximum atomic E-state index is 13.6. The van der Waals surface area contributed by atoms with E-state index in [1.165, 1.54) is 13.2 Å². The van der Waals surface area contributed by atoms with E-state index in [0.717, 1.165) is 0 Å². The van der Waals surface area contributed by atoms with Gasteiger partial charge in [0.05, 0.1) is 29.1 Å². The van der Waals surface area contributed by atoms with E-state index in [0.29, 0.717) is 31.7 Å². The summed E-state index contributed by atoms with van der Waals surface area (Å²) in [4.78, 5) is 29.2. The number of likely N-dealkylation sites (N-methyl/N-ethyl adjacent to an activating group) is 1. The monoisotopic (exact) mass is 459 g/mol. The molecule has 0 amide bonds. The summed E-state index contributed by atoms with van der Waals surface area (Å²) in [6.45, 7) is 8.87. The van der Waals surface area contributed by atoms with Crippen molar-refractivity contribution in [3.63, 3.8) is 0 Å². The quantitative estimate of drug-likeness (QED) is 0.396. The molecule has 1 heterocycles. The number of carbonyl (C=O) groups is 2. The van der Waals surface area contributed by atoms with Crippen LogP contribution in [0, 0.1) is 0 Å². The SMILES string of the molecule is COC[C@H](C)c1cc(C(=O)OC(C)(C)C)c(N)c(C(=O)C(F)(F)F)c1N1CCN(C)CC1. The van der Waals surface area contributed by atoms with Gasteiger partial charge in [0.25, 0.3) is 5.78 Å². The third-order valence-electron chi connectivity index (χ3n) is 5.24. The van der Waals surface area contributed by atoms with E-state index in [1.54, 1.807) is 32.6 Å². The van der Waals surface area contributed by atoms with Crippen LogP contribution in [0.15, 0.2) is 6.07 Å². The first-order valence-corrected chi connectivity index (χ1v) is 10.4. The second-order valence-electron chi connectivity index (χ2n) is 9.13. The van der Waals surface area contributed by atoms with Gasteiger partial charge in [-0.05, 0) is 39.4 Å². The second-order valence-corrected chi connectivity index (χ2v) is 9.13. The first kappa shape index (κ1) is 25.9. The Morgan fingerprint density at radius 1 is 1.16 bits per heavy atom. The number of esters is 1. The molecule has 0 saturated carbocycles. The summed E-state index contributed by atoms with van der Waals surface area (Å²) in [5.41, 5.74) is 4.20. The van der Waals surface area contributed by atoms with Gasteiger partial charge in [0.2, 0.25) is 0 Å². The highest BCUT2D eigenvalue weighted by molar-refractivity contribution is 6.13. The lowest BCUT2D eigenvalue weighted by Gasteiger charge is -2.37. The predicted molar refractivity (Wildman–Crippen MR) is 116 cm³/mol. The van der Waals surface area contributed by atoms with Crippen molar-refractivity contribution < 1.29 is 32.2 Å². The van der Waals surface area contributed by atoms with Crippen molar-refractivity contribution >= 4 is 23.1 Å². The molecule has 1 aromatic rings. The summed E-state index contributed by atoms with van der Waals surface area (Å²) < 4.78 is 51.5. The zero-order valence-corrected chi connectivity index (χ0v) is 19.4. The zero-order valence-electron chi connectivity index (χ0n) is 19.4. The van der Waals surface area contributed by atoms with Crippen LogP contribution in [0.2, 0.25) is 0 Å². The van der Waals surface area contributed by atoms with Crippen LogP contribution in [0.3, 0.4) is 0 Å². The van der Waals surface area contributed by atoms with Gasteiger partial charge in [-0.3, -0.25) is 4.79 Å². The second kappa shape index (κ2) is 9.66. The number of piperazine rings is 1. The number of carbonyl (C=O) groups excluding carboxylic acids is 2. The molecule has 0 spiro atoms. The van der Waals surface area contributed by atoms with E-state index in [4.69, 9.17) is 15.2 Å². The van der Waals surface area contributed by atoms with Crippen molar-refractivity contribution in [1.82, 2.24) is 4.90 Å². The van der Waals surface area contributed by atoms with Gasteiger partial charge in [0.1, 0.15) is 5.60 Å². The fourth-order valence-electron chi connectivity index (χ4n) is 3.67. The van der Waals surface area contributed by atoms with E-state index >= 15 is 0 Å². The summed E-state index contributed by atoms with van der Waals surface area (Å²) in [5, 5.41) is 0. The highest BCUT2D eigenvalue weighted by atomic mass is 19.4. The van der Waals surface area contributed by atoms with Crippen LogP contribution in [0.4, 0.5) is 24.5 Å². The number of halogens is 3. The molecule has 7 nitrogen and oxygen atoms in total. The lowest BCUT2D eigenvalue weighted by molar-refractivity contribution is -0.0884. The summed E-state index contributed by atoms with van der Waals surface area (Å²) >= 11 is 0. The molecule has 1 aliphatic heterocycles. The number of methoxy groups -OCH3 is 1. The van der Waals surface area contributed by atoms with Crippen molar-refractivity contribution in [2.45, 2.75) is 45.4 Å². The standard InChI is InChI=1S/C22H32F3N3O4/c1-13(12-31-6)14-11-15(20(30)32-21(2,3)4)17(26)16(19(29)22(23,24)25)18(14)28-9-7-27(5)8-10-28/h11,13H,7-10,12,26H2,1-6H3/t13-/m0/s1. The third-order valence-corrected chi connectivity index (χ3v) is 5.24. The number of anilines is 2. The Hall–Kier alpha value is -2.33. The van der Waals surface area contributed by atoms with Crippen molar-refractivity contribution in [3.8, 4) is 0 Å². The summed E-state index contributed by atoms with van der Waals surface area (Å²) in [5.74, 6) is -3.38. The number of nitrogens with two attached hydrogens (primary N) is 1. The van der Waals surface area contributed by atoms with Crippen LogP contribution in [-0.2, 0) is 9.47 Å². The van der Waals surface area contributed by atoms with Crippen molar-refractivity contribution in [1.29, 1.82) is 0 Å². The molecule has 0 aliphatic carbocycles. The molecule has 1 aliphatic rings. The molecule has 0 aromatic heterocycles. The average molecular weight is 460 g/mol. The van der Waals surface area contributed by atoms with E-state index < -0.39 is 40.7 Å². The molecule has 1 saturated heterocycles. The lowest BCUT2D eigenvalue weighted by Crippen LogP contribution is -2.46. The smallest absolute Gasteiger partial charge is 0.455 e. The number of ketones is 1. The molecule has 0 bridgehead atoms. The first-order valence-electron chi connectivity index (χ1n) is 10.4. The van der Waals surface area contributed by atoms with E-state index in [2.05, 4.69) is 0 Å². The molecule has 1 atom stereocenters. The molecule has 2 rings (SSSR count). The van der Waals surface area contributed by atoms with Crippen LogP contribution >= 0.6 is 0 Å². The molecule has 0 radical (unpaired) electrons. The molecule has 32 heavy (non-hydrogen) atoms. The number of nitrogen functional groups attached to an aromatic ring is 1. The predicted octanol–water partition coefficient (Wildman–Crippen LogP) is 3.47. The minimum Gasteiger partial charge on any atom is -0.456 e. The third kappa shape index (κ3) is 5.92. The molecule has 2 N–H and O–H groups in total. The van der Waals surface area contributed by atoms with Gasteiger partial charge in [-0.15, -0.1) is 0 Å². The minimum absolute atomic E-state index is 0.106. The summed E-state index contributed by atoms with van der Waals surface area (Å²) in [6, 6.07) is 1.44. The Morgan fingerprint density at radius 3 is 2.19 bits per heavy atom. The van der Waals surface area contributed by atoms with E-state index in [-0.39, 0.29) is 17.9 Å². The topological polar surface area (TPSA) is 85.1 Å². The maximum Gasteiger partial charge on any atom is 0.455 e. The zero-order chi connectivity index (χ0) is 24.4. The van der Waals surface area contributed by atoms with Crippen molar-refractivity contribution in [3.05, 3.63) is 22.8 Å². The van der Waals surface area contributed by atoms with Gasteiger partial charge >= 0.3 is 12.1 Å².